The minimum atomic E-state index is -0.622. The zero-order chi connectivity index (χ0) is 23.7. The first-order valence-corrected chi connectivity index (χ1v) is 10.7. The van der Waals surface area contributed by atoms with Gasteiger partial charge in [-0.3, -0.25) is 14.9 Å². The van der Waals surface area contributed by atoms with Crippen molar-refractivity contribution in [1.29, 1.82) is 5.26 Å². The summed E-state index contributed by atoms with van der Waals surface area (Å²) in [6, 6.07) is 7.83. The molecule has 1 atom stereocenters. The first-order chi connectivity index (χ1) is 15.4. The molecule has 1 amide bonds. The molecule has 1 unspecified atom stereocenters. The number of carbonyl (C=O) groups excluding carboxylic acids is 2. The third-order valence-electron chi connectivity index (χ3n) is 5.17. The van der Waals surface area contributed by atoms with Gasteiger partial charge in [-0.2, -0.15) is 5.26 Å². The molecule has 1 aromatic rings. The van der Waals surface area contributed by atoms with E-state index in [2.05, 4.69) is 5.32 Å². The number of benzene rings is 1. The maximum atomic E-state index is 13.0. The van der Waals surface area contributed by atoms with Crippen molar-refractivity contribution < 1.29 is 19.2 Å². The number of carbonyl (C=O) groups is 2. The number of hydrogen-bond acceptors (Lipinski definition) is 7. The van der Waals surface area contributed by atoms with Crippen LogP contribution in [0.2, 0.25) is 0 Å². The van der Waals surface area contributed by atoms with Crippen LogP contribution >= 0.6 is 0 Å². The number of hydrogen-bond donors (Lipinski definition) is 1. The fraction of sp³-hybridized carbons (Fsp3) is 0.435. The summed E-state index contributed by atoms with van der Waals surface area (Å²) < 4.78 is 5.31. The van der Waals surface area contributed by atoms with Crippen LogP contribution in [0.3, 0.4) is 0 Å². The van der Waals surface area contributed by atoms with Crippen molar-refractivity contribution in [3.8, 4) is 6.07 Å². The molecule has 1 heterocycles. The van der Waals surface area contributed by atoms with Crippen molar-refractivity contribution >= 4 is 17.6 Å². The Kier molecular flexibility index (Phi) is 8.95. The molecule has 0 bridgehead atoms. The summed E-state index contributed by atoms with van der Waals surface area (Å²) in [5, 5.41) is 22.9. The van der Waals surface area contributed by atoms with Gasteiger partial charge in [0.25, 0.3) is 11.6 Å². The summed E-state index contributed by atoms with van der Waals surface area (Å²) >= 11 is 0. The molecule has 0 saturated carbocycles. The van der Waals surface area contributed by atoms with Crippen LogP contribution < -0.4 is 5.32 Å². The van der Waals surface area contributed by atoms with Crippen LogP contribution in [0, 0.1) is 21.4 Å². The average molecular weight is 441 g/mol. The Morgan fingerprint density at radius 2 is 1.88 bits per heavy atom. The second-order valence-corrected chi connectivity index (χ2v) is 7.20. The van der Waals surface area contributed by atoms with Crippen molar-refractivity contribution in [1.82, 2.24) is 10.2 Å². The van der Waals surface area contributed by atoms with Gasteiger partial charge >= 0.3 is 5.97 Å². The molecule has 2 rings (SSSR count). The van der Waals surface area contributed by atoms with E-state index >= 15 is 0 Å². The van der Waals surface area contributed by atoms with Crippen LogP contribution in [0.25, 0.3) is 0 Å². The molecule has 9 nitrogen and oxygen atoms in total. The number of allylic oxidation sites excluding steroid dienone is 2. The van der Waals surface area contributed by atoms with Gasteiger partial charge in [0.15, 0.2) is 0 Å². The van der Waals surface area contributed by atoms with Crippen LogP contribution in [0.4, 0.5) is 5.69 Å². The van der Waals surface area contributed by atoms with Gasteiger partial charge in [0, 0.05) is 36.8 Å². The average Bonchev–Trinajstić information content (AvgIpc) is 2.79. The number of nitro benzene ring substituents is 1. The Balaban J connectivity index is 2.56. The van der Waals surface area contributed by atoms with Gasteiger partial charge in [0.2, 0.25) is 0 Å². The first kappa shape index (κ1) is 24.6. The monoisotopic (exact) mass is 440 g/mol. The van der Waals surface area contributed by atoms with E-state index in [0.29, 0.717) is 42.0 Å². The lowest BCUT2D eigenvalue weighted by Crippen LogP contribution is -2.39. The highest BCUT2D eigenvalue weighted by atomic mass is 16.6. The molecule has 0 spiro atoms. The highest BCUT2D eigenvalue weighted by Gasteiger charge is 2.33. The molecule has 1 aromatic carbocycles. The Hall–Kier alpha value is -3.67. The summed E-state index contributed by atoms with van der Waals surface area (Å²) in [6.07, 6.45) is 2.97. The van der Waals surface area contributed by atoms with E-state index in [4.69, 9.17) is 10.00 Å². The second kappa shape index (κ2) is 11.6. The van der Waals surface area contributed by atoms with Crippen molar-refractivity contribution in [2.45, 2.75) is 46.0 Å². The fourth-order valence-corrected chi connectivity index (χ4v) is 3.55. The lowest BCUT2D eigenvalue weighted by atomic mass is 9.85. The van der Waals surface area contributed by atoms with E-state index in [1.807, 2.05) is 26.8 Å². The highest BCUT2D eigenvalue weighted by Crippen LogP contribution is 2.35. The Labute approximate surface area is 187 Å². The molecule has 0 aliphatic carbocycles. The van der Waals surface area contributed by atoms with E-state index in [1.54, 1.807) is 23.1 Å². The number of ether oxygens (including phenoxy) is 1. The number of dihydropyridines is 1. The minimum absolute atomic E-state index is 0.0415. The Morgan fingerprint density at radius 1 is 1.22 bits per heavy atom. The maximum absolute atomic E-state index is 13.0. The Bertz CT molecular complexity index is 956. The third-order valence-corrected chi connectivity index (χ3v) is 5.17. The topological polar surface area (TPSA) is 126 Å². The summed E-state index contributed by atoms with van der Waals surface area (Å²) in [5.74, 6) is -1.39. The minimum Gasteiger partial charge on any atom is -0.461 e. The summed E-state index contributed by atoms with van der Waals surface area (Å²) in [6.45, 7) is 6.76. The quantitative estimate of drug-likeness (QED) is 0.255. The largest absolute Gasteiger partial charge is 0.461 e. The first-order valence-electron chi connectivity index (χ1n) is 10.7. The predicted molar refractivity (Wildman–Crippen MR) is 118 cm³/mol. The van der Waals surface area contributed by atoms with E-state index in [1.165, 1.54) is 12.1 Å². The van der Waals surface area contributed by atoms with Gasteiger partial charge in [0.1, 0.15) is 12.3 Å². The van der Waals surface area contributed by atoms with Crippen LogP contribution in [0.5, 0.6) is 0 Å². The number of nitrogens with zero attached hydrogens (tertiary/aromatic N) is 3. The molecular formula is C23H28N4O5. The number of nitro groups is 1. The summed E-state index contributed by atoms with van der Waals surface area (Å²) in [4.78, 5) is 38.3. The van der Waals surface area contributed by atoms with E-state index in [9.17, 15) is 19.7 Å². The standard InChI is InChI=1S/C23H28N4O5/c1-4-8-19-21(23(29)32-14-7-13-24)18(16-9-11-17(12-10-16)27(30)31)15-20(25-19)22(28)26(5-2)6-3/h9-12,15,18,25H,4-8,14H2,1-3H3. The molecule has 1 aliphatic heterocycles. The zero-order valence-electron chi connectivity index (χ0n) is 18.6. The molecule has 170 valence electrons. The number of amides is 1. The zero-order valence-corrected chi connectivity index (χ0v) is 18.6. The lowest BCUT2D eigenvalue weighted by Gasteiger charge is -2.30. The van der Waals surface area contributed by atoms with Crippen molar-refractivity contribution in [2.24, 2.45) is 0 Å². The van der Waals surface area contributed by atoms with Gasteiger partial charge in [-0.15, -0.1) is 0 Å². The van der Waals surface area contributed by atoms with Crippen LogP contribution in [0.15, 0.2) is 47.3 Å². The van der Waals surface area contributed by atoms with Crippen molar-refractivity contribution in [3.63, 3.8) is 0 Å². The van der Waals surface area contributed by atoms with Crippen LogP contribution in [0.1, 0.15) is 51.5 Å². The Morgan fingerprint density at radius 3 is 2.41 bits per heavy atom. The fourth-order valence-electron chi connectivity index (χ4n) is 3.55. The van der Waals surface area contributed by atoms with E-state index in [0.717, 1.165) is 6.42 Å². The predicted octanol–water partition coefficient (Wildman–Crippen LogP) is 3.54. The number of rotatable bonds is 10. The van der Waals surface area contributed by atoms with Gasteiger partial charge < -0.3 is 15.0 Å². The molecule has 1 aliphatic rings. The number of likely N-dealkylation sites (N-methyl/N-ethyl adjacent to an activating group) is 1. The van der Waals surface area contributed by atoms with Crippen LogP contribution in [-0.2, 0) is 14.3 Å². The SMILES string of the molecule is CCCC1=C(C(=O)OCCC#N)C(c2ccc([N+](=O)[O-])cc2)C=C(C(=O)N(CC)CC)N1. The van der Waals surface area contributed by atoms with Gasteiger partial charge in [-0.1, -0.05) is 25.5 Å². The van der Waals surface area contributed by atoms with E-state index < -0.39 is 16.8 Å². The normalized spacial score (nSPS) is 15.3. The number of nitriles is 1. The molecule has 9 heteroatoms. The third kappa shape index (κ3) is 5.72. The lowest BCUT2D eigenvalue weighted by molar-refractivity contribution is -0.384. The van der Waals surface area contributed by atoms with Crippen molar-refractivity contribution in [3.05, 3.63) is 63.0 Å². The molecule has 32 heavy (non-hydrogen) atoms. The van der Waals surface area contributed by atoms with E-state index in [-0.39, 0.29) is 24.6 Å². The van der Waals surface area contributed by atoms with Gasteiger partial charge in [-0.05, 0) is 31.9 Å². The molecule has 0 fully saturated rings. The summed E-state index contributed by atoms with van der Waals surface area (Å²) in [5.41, 5.74) is 1.84. The van der Waals surface area contributed by atoms with Crippen LogP contribution in [-0.4, -0.2) is 41.4 Å². The second-order valence-electron chi connectivity index (χ2n) is 7.20. The molecule has 1 N–H and O–H groups in total. The maximum Gasteiger partial charge on any atom is 0.336 e. The van der Waals surface area contributed by atoms with Gasteiger partial charge in [0.05, 0.1) is 23.0 Å². The molecule has 0 radical (unpaired) electrons. The molecular weight excluding hydrogens is 412 g/mol. The summed E-state index contributed by atoms with van der Waals surface area (Å²) in [7, 11) is 0. The number of nitrogens with one attached hydrogen (secondary N) is 1. The highest BCUT2D eigenvalue weighted by molar-refractivity contribution is 5.97. The number of esters is 1. The molecule has 0 aromatic heterocycles. The number of non-ortho nitro benzene ring substituents is 1. The van der Waals surface area contributed by atoms with Crippen molar-refractivity contribution in [2.75, 3.05) is 19.7 Å². The molecule has 0 saturated heterocycles. The smallest absolute Gasteiger partial charge is 0.336 e. The van der Waals surface area contributed by atoms with Gasteiger partial charge in [-0.25, -0.2) is 4.79 Å².